The minimum absolute atomic E-state index is 0.428. The lowest BCUT2D eigenvalue weighted by atomic mass is 9.88. The van der Waals surface area contributed by atoms with Crippen molar-refractivity contribution >= 4 is 5.97 Å². The van der Waals surface area contributed by atoms with Gasteiger partial charge in [-0.05, 0) is 26.7 Å². The van der Waals surface area contributed by atoms with E-state index < -0.39 is 24.2 Å². The Labute approximate surface area is 92.9 Å². The maximum Gasteiger partial charge on any atom is 0.422 e. The molecule has 0 spiro atoms. The highest BCUT2D eigenvalue weighted by Crippen LogP contribution is 2.25. The van der Waals surface area contributed by atoms with E-state index in [4.69, 9.17) is 4.74 Å². The minimum atomic E-state index is -4.47. The highest BCUT2D eigenvalue weighted by Gasteiger charge is 2.34. The van der Waals surface area contributed by atoms with Gasteiger partial charge in [0.2, 0.25) is 0 Å². The molecule has 0 aromatic rings. The third kappa shape index (κ3) is 6.66. The zero-order valence-corrected chi connectivity index (χ0v) is 9.69. The molecule has 0 aliphatic rings. The summed E-state index contributed by atoms with van der Waals surface area (Å²) in [5.74, 6) is -0.832. The van der Waals surface area contributed by atoms with E-state index >= 15 is 0 Å². The molecule has 0 amide bonds. The number of alkyl halides is 3. The van der Waals surface area contributed by atoms with Crippen LogP contribution in [-0.2, 0) is 14.3 Å². The molecule has 0 radical (unpaired) electrons. The van der Waals surface area contributed by atoms with Crippen LogP contribution < -0.4 is 0 Å². The van der Waals surface area contributed by atoms with E-state index in [9.17, 15) is 18.0 Å². The van der Waals surface area contributed by atoms with E-state index in [0.717, 1.165) is 0 Å². The lowest BCUT2D eigenvalue weighted by Gasteiger charge is -2.22. The number of halogens is 3. The lowest BCUT2D eigenvalue weighted by Crippen LogP contribution is -2.30. The molecule has 0 aliphatic heterocycles. The number of esters is 1. The van der Waals surface area contributed by atoms with Crippen molar-refractivity contribution in [3.63, 3.8) is 0 Å². The van der Waals surface area contributed by atoms with Crippen LogP contribution in [0.2, 0.25) is 0 Å². The van der Waals surface area contributed by atoms with Crippen LogP contribution in [0.25, 0.3) is 0 Å². The maximum absolute atomic E-state index is 11.8. The number of carbonyl (C=O) groups is 1. The van der Waals surface area contributed by atoms with Crippen molar-refractivity contribution in [3.05, 3.63) is 0 Å². The number of hydrogen-bond acceptors (Lipinski definition) is 3. The van der Waals surface area contributed by atoms with Crippen LogP contribution in [0.15, 0.2) is 0 Å². The fourth-order valence-electron chi connectivity index (χ4n) is 1.10. The van der Waals surface area contributed by atoms with Crippen molar-refractivity contribution in [1.82, 2.24) is 0 Å². The SMILES string of the molecule is COCCCC(C)(C)C(=O)OCC(F)(F)F. The zero-order valence-electron chi connectivity index (χ0n) is 9.69. The van der Waals surface area contributed by atoms with E-state index in [1.807, 2.05) is 0 Å². The van der Waals surface area contributed by atoms with Crippen molar-refractivity contribution in [2.45, 2.75) is 32.9 Å². The first-order chi connectivity index (χ1) is 7.19. The topological polar surface area (TPSA) is 35.5 Å². The molecular weight excluding hydrogens is 225 g/mol. The predicted molar refractivity (Wildman–Crippen MR) is 51.9 cm³/mol. The molecule has 0 fully saturated rings. The highest BCUT2D eigenvalue weighted by atomic mass is 19.4. The van der Waals surface area contributed by atoms with Gasteiger partial charge in [0, 0.05) is 13.7 Å². The van der Waals surface area contributed by atoms with Gasteiger partial charge in [-0.25, -0.2) is 0 Å². The Balaban J connectivity index is 4.04. The molecule has 0 bridgehead atoms. The first kappa shape index (κ1) is 15.2. The first-order valence-corrected chi connectivity index (χ1v) is 4.92. The molecule has 0 saturated carbocycles. The maximum atomic E-state index is 11.8. The van der Waals surface area contributed by atoms with E-state index in [2.05, 4.69) is 4.74 Å². The van der Waals surface area contributed by atoms with E-state index in [0.29, 0.717) is 19.4 Å². The van der Waals surface area contributed by atoms with Gasteiger partial charge in [0.15, 0.2) is 6.61 Å². The van der Waals surface area contributed by atoms with E-state index in [1.54, 1.807) is 13.8 Å². The molecule has 0 atom stereocenters. The molecule has 0 rings (SSSR count). The molecule has 3 nitrogen and oxygen atoms in total. The molecule has 0 heterocycles. The summed E-state index contributed by atoms with van der Waals surface area (Å²) in [4.78, 5) is 11.3. The van der Waals surface area contributed by atoms with Gasteiger partial charge in [0.25, 0.3) is 0 Å². The van der Waals surface area contributed by atoms with Crippen LogP contribution >= 0.6 is 0 Å². The Bertz CT molecular complexity index is 224. The third-order valence-corrected chi connectivity index (χ3v) is 2.07. The van der Waals surface area contributed by atoms with Gasteiger partial charge in [-0.3, -0.25) is 4.79 Å². The van der Waals surface area contributed by atoms with Crippen molar-refractivity contribution in [2.75, 3.05) is 20.3 Å². The molecule has 16 heavy (non-hydrogen) atoms. The second-order valence-electron chi connectivity index (χ2n) is 4.17. The van der Waals surface area contributed by atoms with Gasteiger partial charge in [-0.1, -0.05) is 0 Å². The average Bonchev–Trinajstić information content (AvgIpc) is 2.13. The lowest BCUT2D eigenvalue weighted by molar-refractivity contribution is -0.192. The van der Waals surface area contributed by atoms with Crippen LogP contribution in [0, 0.1) is 5.41 Å². The van der Waals surface area contributed by atoms with E-state index in [1.165, 1.54) is 7.11 Å². The van der Waals surface area contributed by atoms with Gasteiger partial charge < -0.3 is 9.47 Å². The quantitative estimate of drug-likeness (QED) is 0.530. The predicted octanol–water partition coefficient (Wildman–Crippen LogP) is 2.54. The molecule has 0 aliphatic carbocycles. The van der Waals surface area contributed by atoms with Crippen LogP contribution in [0.3, 0.4) is 0 Å². The standard InChI is InChI=1S/C10H17F3O3/c1-9(2,5-4-6-15-3)8(14)16-7-10(11,12)13/h4-7H2,1-3H3. The average molecular weight is 242 g/mol. The van der Waals surface area contributed by atoms with Gasteiger partial charge in [-0.2, -0.15) is 13.2 Å². The molecule has 0 aromatic carbocycles. The van der Waals surface area contributed by atoms with Crippen LogP contribution in [0.1, 0.15) is 26.7 Å². The van der Waals surface area contributed by atoms with Crippen molar-refractivity contribution < 1.29 is 27.4 Å². The highest BCUT2D eigenvalue weighted by molar-refractivity contribution is 5.75. The number of rotatable bonds is 6. The van der Waals surface area contributed by atoms with Gasteiger partial charge in [-0.15, -0.1) is 0 Å². The molecule has 96 valence electrons. The number of carbonyl (C=O) groups excluding carboxylic acids is 1. The Morgan fingerprint density at radius 3 is 2.25 bits per heavy atom. The van der Waals surface area contributed by atoms with Crippen molar-refractivity contribution in [3.8, 4) is 0 Å². The summed E-state index contributed by atoms with van der Waals surface area (Å²) in [6.45, 7) is 2.05. The Morgan fingerprint density at radius 2 is 1.81 bits per heavy atom. The summed E-state index contributed by atoms with van der Waals surface area (Å²) < 4.78 is 44.4. The molecule has 6 heteroatoms. The van der Waals surface area contributed by atoms with E-state index in [-0.39, 0.29) is 0 Å². The molecule has 0 N–H and O–H groups in total. The van der Waals surface area contributed by atoms with Crippen molar-refractivity contribution in [1.29, 1.82) is 0 Å². The molecule has 0 aromatic heterocycles. The van der Waals surface area contributed by atoms with Crippen LogP contribution in [0.4, 0.5) is 13.2 Å². The third-order valence-electron chi connectivity index (χ3n) is 2.07. The summed E-state index contributed by atoms with van der Waals surface area (Å²) >= 11 is 0. The van der Waals surface area contributed by atoms with Gasteiger partial charge >= 0.3 is 12.1 Å². The van der Waals surface area contributed by atoms with Crippen LogP contribution in [0.5, 0.6) is 0 Å². The minimum Gasteiger partial charge on any atom is -0.456 e. The Hall–Kier alpha value is -0.780. The zero-order chi connectivity index (χ0) is 12.8. The summed E-state index contributed by atoms with van der Waals surface area (Å²) in [6, 6.07) is 0. The fraction of sp³-hybridized carbons (Fsp3) is 0.900. The molecule has 0 saturated heterocycles. The smallest absolute Gasteiger partial charge is 0.422 e. The molecular formula is C10H17F3O3. The normalized spacial score (nSPS) is 12.6. The Kier molecular flexibility index (Phi) is 5.78. The van der Waals surface area contributed by atoms with Gasteiger partial charge in [0.1, 0.15) is 0 Å². The number of methoxy groups -OCH3 is 1. The second kappa shape index (κ2) is 6.08. The first-order valence-electron chi connectivity index (χ1n) is 4.92. The Morgan fingerprint density at radius 1 is 1.25 bits per heavy atom. The number of hydrogen-bond donors (Lipinski definition) is 0. The molecule has 0 unspecified atom stereocenters. The van der Waals surface area contributed by atoms with Crippen molar-refractivity contribution in [2.24, 2.45) is 5.41 Å². The number of ether oxygens (including phenoxy) is 2. The summed E-state index contributed by atoms with van der Waals surface area (Å²) in [5, 5.41) is 0. The monoisotopic (exact) mass is 242 g/mol. The summed E-state index contributed by atoms with van der Waals surface area (Å²) in [5.41, 5.74) is -0.913. The van der Waals surface area contributed by atoms with Gasteiger partial charge in [0.05, 0.1) is 5.41 Å². The van der Waals surface area contributed by atoms with Crippen LogP contribution in [-0.4, -0.2) is 32.5 Å². The summed E-state index contributed by atoms with van der Waals surface area (Å²) in [7, 11) is 1.52. The summed E-state index contributed by atoms with van der Waals surface area (Å²) in [6.07, 6.45) is -3.44. The largest absolute Gasteiger partial charge is 0.456 e. The second-order valence-corrected chi connectivity index (χ2v) is 4.17. The fourth-order valence-corrected chi connectivity index (χ4v) is 1.10.